The molecule has 3 rings (SSSR count). The maximum atomic E-state index is 8.83. The van der Waals surface area contributed by atoms with Crippen LogP contribution in [0.5, 0.6) is 17.2 Å². The number of hydrogen-bond acceptors (Lipinski definition) is 6. The van der Waals surface area contributed by atoms with Gasteiger partial charge in [-0.15, -0.1) is 0 Å². The molecule has 3 aromatic carbocycles. The fourth-order valence-corrected chi connectivity index (χ4v) is 2.74. The zero-order valence-electron chi connectivity index (χ0n) is 17.0. The minimum absolute atomic E-state index is 0.450. The summed E-state index contributed by atoms with van der Waals surface area (Å²) in [5, 5.41) is 13.1. The normalized spacial score (nSPS) is 10.4. The standard InChI is InChI=1S/C24H23N3O3/c1-28-23-12-9-21(13-24(23)29-2)16-27-26-15-19-7-10-22(11-8-19)30-17-20-5-3-18(14-25)4-6-20/h3-13,15,27H,16-17H2,1-2H3/b26-15-. The molecule has 152 valence electrons. The van der Waals surface area contributed by atoms with Crippen LogP contribution >= 0.6 is 0 Å². The van der Waals surface area contributed by atoms with Crippen LogP contribution in [0.1, 0.15) is 22.3 Å². The zero-order valence-corrected chi connectivity index (χ0v) is 17.0. The first-order valence-electron chi connectivity index (χ1n) is 9.40. The summed E-state index contributed by atoms with van der Waals surface area (Å²) < 4.78 is 16.3. The van der Waals surface area contributed by atoms with E-state index in [9.17, 15) is 0 Å². The van der Waals surface area contributed by atoms with Crippen LogP contribution in [0.3, 0.4) is 0 Å². The molecular formula is C24H23N3O3. The van der Waals surface area contributed by atoms with Gasteiger partial charge in [0.2, 0.25) is 0 Å². The summed E-state index contributed by atoms with van der Waals surface area (Å²) in [4.78, 5) is 0. The Labute approximate surface area is 176 Å². The fraction of sp³-hybridized carbons (Fsp3) is 0.167. The molecule has 0 aliphatic rings. The van der Waals surface area contributed by atoms with E-state index in [-0.39, 0.29) is 0 Å². The van der Waals surface area contributed by atoms with E-state index in [0.717, 1.165) is 22.4 Å². The number of nitrogens with one attached hydrogen (secondary N) is 1. The molecule has 0 heterocycles. The molecule has 6 nitrogen and oxygen atoms in total. The van der Waals surface area contributed by atoms with Crippen molar-refractivity contribution in [2.24, 2.45) is 5.10 Å². The van der Waals surface area contributed by atoms with Gasteiger partial charge < -0.3 is 19.6 Å². The van der Waals surface area contributed by atoms with Crippen LogP contribution in [0, 0.1) is 11.3 Å². The first-order valence-corrected chi connectivity index (χ1v) is 9.40. The Morgan fingerprint density at radius 1 is 0.900 bits per heavy atom. The Hall–Kier alpha value is -3.98. The van der Waals surface area contributed by atoms with Gasteiger partial charge in [-0.05, 0) is 65.2 Å². The zero-order chi connectivity index (χ0) is 21.2. The van der Waals surface area contributed by atoms with E-state index in [1.54, 1.807) is 32.6 Å². The molecule has 0 aromatic heterocycles. The van der Waals surface area contributed by atoms with Gasteiger partial charge in [-0.1, -0.05) is 18.2 Å². The van der Waals surface area contributed by atoms with E-state index < -0.39 is 0 Å². The Kier molecular flexibility index (Phi) is 7.28. The minimum Gasteiger partial charge on any atom is -0.493 e. The Balaban J connectivity index is 1.48. The van der Waals surface area contributed by atoms with Crippen molar-refractivity contribution in [2.45, 2.75) is 13.2 Å². The van der Waals surface area contributed by atoms with Crippen molar-refractivity contribution in [3.05, 3.63) is 89.0 Å². The van der Waals surface area contributed by atoms with Crippen LogP contribution in [0.4, 0.5) is 0 Å². The van der Waals surface area contributed by atoms with Gasteiger partial charge in [0.05, 0.1) is 38.6 Å². The summed E-state index contributed by atoms with van der Waals surface area (Å²) >= 11 is 0. The molecule has 0 saturated carbocycles. The molecule has 0 aliphatic carbocycles. The van der Waals surface area contributed by atoms with Crippen molar-refractivity contribution < 1.29 is 14.2 Å². The van der Waals surface area contributed by atoms with E-state index in [0.29, 0.717) is 30.2 Å². The largest absolute Gasteiger partial charge is 0.493 e. The maximum absolute atomic E-state index is 8.83. The van der Waals surface area contributed by atoms with E-state index in [4.69, 9.17) is 19.5 Å². The monoisotopic (exact) mass is 401 g/mol. The van der Waals surface area contributed by atoms with Gasteiger partial charge in [0.15, 0.2) is 11.5 Å². The third-order valence-corrected chi connectivity index (χ3v) is 4.40. The van der Waals surface area contributed by atoms with Crippen molar-refractivity contribution >= 4 is 6.21 Å². The fourth-order valence-electron chi connectivity index (χ4n) is 2.74. The molecule has 0 saturated heterocycles. The lowest BCUT2D eigenvalue weighted by molar-refractivity contribution is 0.306. The lowest BCUT2D eigenvalue weighted by atomic mass is 10.1. The Morgan fingerprint density at radius 2 is 1.60 bits per heavy atom. The lowest BCUT2D eigenvalue weighted by Gasteiger charge is -2.09. The Morgan fingerprint density at radius 3 is 2.27 bits per heavy atom. The molecule has 0 bridgehead atoms. The third-order valence-electron chi connectivity index (χ3n) is 4.40. The average Bonchev–Trinajstić information content (AvgIpc) is 2.81. The highest BCUT2D eigenvalue weighted by atomic mass is 16.5. The smallest absolute Gasteiger partial charge is 0.161 e. The van der Waals surface area contributed by atoms with Crippen molar-refractivity contribution in [3.8, 4) is 23.3 Å². The predicted molar refractivity (Wildman–Crippen MR) is 116 cm³/mol. The first kappa shape index (κ1) is 20.7. The number of hydrogen-bond donors (Lipinski definition) is 1. The second-order valence-corrected chi connectivity index (χ2v) is 6.45. The quantitative estimate of drug-likeness (QED) is 0.428. The van der Waals surface area contributed by atoms with E-state index in [1.165, 1.54) is 0 Å². The highest BCUT2D eigenvalue weighted by Gasteiger charge is 2.03. The van der Waals surface area contributed by atoms with Crippen LogP contribution in [0.15, 0.2) is 71.8 Å². The first-order chi connectivity index (χ1) is 14.7. The van der Waals surface area contributed by atoms with Crippen LogP contribution in [-0.4, -0.2) is 20.4 Å². The molecule has 1 N–H and O–H groups in total. The molecule has 6 heteroatoms. The predicted octanol–water partition coefficient (Wildman–Crippen LogP) is 4.28. The molecule has 30 heavy (non-hydrogen) atoms. The number of nitriles is 1. The molecule has 3 aromatic rings. The lowest BCUT2D eigenvalue weighted by Crippen LogP contribution is -2.06. The van der Waals surface area contributed by atoms with Crippen LogP contribution < -0.4 is 19.6 Å². The molecule has 0 spiro atoms. The van der Waals surface area contributed by atoms with Gasteiger partial charge in [-0.2, -0.15) is 10.4 Å². The second-order valence-electron chi connectivity index (χ2n) is 6.45. The molecule has 0 atom stereocenters. The van der Waals surface area contributed by atoms with E-state index >= 15 is 0 Å². The molecule has 0 amide bonds. The number of benzene rings is 3. The minimum atomic E-state index is 0.450. The number of rotatable bonds is 9. The highest BCUT2D eigenvalue weighted by Crippen LogP contribution is 2.27. The van der Waals surface area contributed by atoms with Crippen molar-refractivity contribution in [2.75, 3.05) is 14.2 Å². The van der Waals surface area contributed by atoms with Gasteiger partial charge in [0, 0.05) is 0 Å². The van der Waals surface area contributed by atoms with Crippen LogP contribution in [0.25, 0.3) is 0 Å². The van der Waals surface area contributed by atoms with Crippen molar-refractivity contribution in [1.82, 2.24) is 5.43 Å². The van der Waals surface area contributed by atoms with E-state index in [1.807, 2.05) is 54.6 Å². The summed E-state index contributed by atoms with van der Waals surface area (Å²) in [7, 11) is 3.23. The van der Waals surface area contributed by atoms with Gasteiger partial charge in [-0.25, -0.2) is 0 Å². The van der Waals surface area contributed by atoms with Crippen molar-refractivity contribution in [1.29, 1.82) is 5.26 Å². The average molecular weight is 401 g/mol. The van der Waals surface area contributed by atoms with E-state index in [2.05, 4.69) is 16.6 Å². The van der Waals surface area contributed by atoms with Gasteiger partial charge in [-0.3, -0.25) is 0 Å². The SMILES string of the molecule is COc1ccc(CN/N=C\c2ccc(OCc3ccc(C#N)cc3)cc2)cc1OC. The highest BCUT2D eigenvalue weighted by molar-refractivity contribution is 5.79. The van der Waals surface area contributed by atoms with Gasteiger partial charge in [0.1, 0.15) is 12.4 Å². The Bertz CT molecular complexity index is 1020. The topological polar surface area (TPSA) is 75.9 Å². The van der Waals surface area contributed by atoms with Crippen LogP contribution in [0.2, 0.25) is 0 Å². The molecule has 0 radical (unpaired) electrons. The number of ether oxygens (including phenoxy) is 3. The number of nitrogens with zero attached hydrogens (tertiary/aromatic N) is 2. The second kappa shape index (κ2) is 10.5. The molecule has 0 fully saturated rings. The molecule has 0 unspecified atom stereocenters. The summed E-state index contributed by atoms with van der Waals surface area (Å²) in [6.45, 7) is 1.02. The summed E-state index contributed by atoms with van der Waals surface area (Å²) in [5.41, 5.74) is 6.68. The van der Waals surface area contributed by atoms with Crippen molar-refractivity contribution in [3.63, 3.8) is 0 Å². The van der Waals surface area contributed by atoms with Crippen LogP contribution in [-0.2, 0) is 13.2 Å². The van der Waals surface area contributed by atoms with Gasteiger partial charge >= 0.3 is 0 Å². The summed E-state index contributed by atoms with van der Waals surface area (Å²) in [6, 6.07) is 22.9. The maximum Gasteiger partial charge on any atom is 0.161 e. The number of methoxy groups -OCH3 is 2. The molecule has 0 aliphatic heterocycles. The summed E-state index contributed by atoms with van der Waals surface area (Å²) in [6.07, 6.45) is 1.76. The molecular weight excluding hydrogens is 378 g/mol. The summed E-state index contributed by atoms with van der Waals surface area (Å²) in [5.74, 6) is 2.17. The number of hydrazone groups is 1. The third kappa shape index (κ3) is 5.76. The van der Waals surface area contributed by atoms with Gasteiger partial charge in [0.25, 0.3) is 0 Å².